The van der Waals surface area contributed by atoms with Gasteiger partial charge in [0.05, 0.1) is 11.2 Å². The molecule has 0 saturated carbocycles. The maximum absolute atomic E-state index is 12.2. The van der Waals surface area contributed by atoms with Crippen molar-refractivity contribution in [3.8, 4) is 0 Å². The van der Waals surface area contributed by atoms with Crippen molar-refractivity contribution < 1.29 is 4.79 Å². The van der Waals surface area contributed by atoms with Gasteiger partial charge in [0.25, 0.3) is 0 Å². The summed E-state index contributed by atoms with van der Waals surface area (Å²) in [6, 6.07) is 7.91. The van der Waals surface area contributed by atoms with Crippen LogP contribution in [0.4, 0.5) is 5.69 Å². The van der Waals surface area contributed by atoms with E-state index in [9.17, 15) is 4.79 Å². The zero-order valence-electron chi connectivity index (χ0n) is 13.1. The predicted octanol–water partition coefficient (Wildman–Crippen LogP) is 3.26. The van der Waals surface area contributed by atoms with Crippen LogP contribution < -0.4 is 10.6 Å². The van der Waals surface area contributed by atoms with Gasteiger partial charge in [0.15, 0.2) is 0 Å². The number of nitrogens with zero attached hydrogens (tertiary/aromatic N) is 1. The van der Waals surface area contributed by atoms with Gasteiger partial charge in [-0.05, 0) is 69.0 Å². The lowest BCUT2D eigenvalue weighted by Gasteiger charge is -2.22. The van der Waals surface area contributed by atoms with Gasteiger partial charge >= 0.3 is 0 Å². The zero-order valence-corrected chi connectivity index (χ0v) is 13.1. The molecule has 1 fully saturated rings. The van der Waals surface area contributed by atoms with E-state index in [0.717, 1.165) is 41.7 Å². The molecule has 0 aliphatic carbocycles. The van der Waals surface area contributed by atoms with Gasteiger partial charge in [-0.3, -0.25) is 9.78 Å². The van der Waals surface area contributed by atoms with E-state index in [0.29, 0.717) is 12.3 Å². The summed E-state index contributed by atoms with van der Waals surface area (Å²) in [5.74, 6) is 0.788. The molecule has 0 atom stereocenters. The Morgan fingerprint density at radius 3 is 2.95 bits per heavy atom. The first-order chi connectivity index (χ1) is 10.7. The summed E-state index contributed by atoms with van der Waals surface area (Å²) in [5.41, 5.74) is 2.95. The van der Waals surface area contributed by atoms with Crippen molar-refractivity contribution in [3.63, 3.8) is 0 Å². The van der Waals surface area contributed by atoms with Crippen molar-refractivity contribution in [3.05, 3.63) is 36.0 Å². The molecule has 1 aliphatic heterocycles. The average molecular weight is 297 g/mol. The molecule has 22 heavy (non-hydrogen) atoms. The van der Waals surface area contributed by atoms with Gasteiger partial charge < -0.3 is 10.6 Å². The van der Waals surface area contributed by atoms with Gasteiger partial charge in [-0.25, -0.2) is 0 Å². The van der Waals surface area contributed by atoms with Crippen LogP contribution in [0.15, 0.2) is 30.5 Å². The normalized spacial score (nSPS) is 15.9. The van der Waals surface area contributed by atoms with Gasteiger partial charge in [0.1, 0.15) is 0 Å². The molecule has 2 aromatic rings. The Bertz CT molecular complexity index is 662. The summed E-state index contributed by atoms with van der Waals surface area (Å²) >= 11 is 0. The number of aryl methyl sites for hydroxylation is 1. The summed E-state index contributed by atoms with van der Waals surface area (Å²) in [5, 5.41) is 7.43. The zero-order chi connectivity index (χ0) is 15.4. The SMILES string of the molecule is Cc1ccc(NC(=O)CCC2CCNCC2)c2cccnc12. The van der Waals surface area contributed by atoms with E-state index < -0.39 is 0 Å². The fourth-order valence-corrected chi connectivity index (χ4v) is 3.14. The maximum atomic E-state index is 12.2. The number of anilines is 1. The second-order valence-corrected chi connectivity index (χ2v) is 6.11. The van der Waals surface area contributed by atoms with E-state index in [4.69, 9.17) is 0 Å². The van der Waals surface area contributed by atoms with Gasteiger partial charge in [0.2, 0.25) is 5.91 Å². The van der Waals surface area contributed by atoms with Crippen LogP contribution in [-0.2, 0) is 4.79 Å². The Morgan fingerprint density at radius 2 is 2.14 bits per heavy atom. The fraction of sp³-hybridized carbons (Fsp3) is 0.444. The van der Waals surface area contributed by atoms with E-state index >= 15 is 0 Å². The molecule has 1 amide bonds. The minimum atomic E-state index is 0.104. The van der Waals surface area contributed by atoms with Gasteiger partial charge in [-0.1, -0.05) is 6.07 Å². The predicted molar refractivity (Wildman–Crippen MR) is 89.9 cm³/mol. The maximum Gasteiger partial charge on any atom is 0.224 e. The van der Waals surface area contributed by atoms with Crippen molar-refractivity contribution in [2.75, 3.05) is 18.4 Å². The topological polar surface area (TPSA) is 54.0 Å². The number of aromatic nitrogens is 1. The Hall–Kier alpha value is -1.94. The first-order valence-electron chi connectivity index (χ1n) is 8.09. The Labute approximate surface area is 131 Å². The van der Waals surface area contributed by atoms with Crippen molar-refractivity contribution in [2.45, 2.75) is 32.6 Å². The molecule has 0 radical (unpaired) electrons. The van der Waals surface area contributed by atoms with E-state index in [1.54, 1.807) is 6.20 Å². The lowest BCUT2D eigenvalue weighted by atomic mass is 9.93. The summed E-state index contributed by atoms with van der Waals surface area (Å²) in [6.45, 7) is 4.21. The van der Waals surface area contributed by atoms with E-state index in [-0.39, 0.29) is 5.91 Å². The number of pyridine rings is 1. The minimum Gasteiger partial charge on any atom is -0.325 e. The average Bonchev–Trinajstić information content (AvgIpc) is 2.57. The number of hydrogen-bond acceptors (Lipinski definition) is 3. The largest absolute Gasteiger partial charge is 0.325 e. The van der Waals surface area contributed by atoms with Crippen LogP contribution >= 0.6 is 0 Å². The fourth-order valence-electron chi connectivity index (χ4n) is 3.14. The Kier molecular flexibility index (Phi) is 4.68. The summed E-state index contributed by atoms with van der Waals surface area (Å²) in [6.07, 6.45) is 5.74. The number of piperidine rings is 1. The van der Waals surface area contributed by atoms with Crippen molar-refractivity contribution in [1.29, 1.82) is 0 Å². The summed E-state index contributed by atoms with van der Waals surface area (Å²) in [7, 11) is 0. The molecule has 2 N–H and O–H groups in total. The molecule has 4 heteroatoms. The molecule has 116 valence electrons. The standard InChI is InChI=1S/C18H23N3O/c1-13-4-6-16(15-3-2-10-20-18(13)15)21-17(22)7-5-14-8-11-19-12-9-14/h2-4,6,10,14,19H,5,7-9,11-12H2,1H3,(H,21,22). The number of fused-ring (bicyclic) bond motifs is 1. The van der Waals surface area contributed by atoms with Crippen LogP contribution in [-0.4, -0.2) is 24.0 Å². The third-order valence-corrected chi connectivity index (χ3v) is 4.48. The molecule has 3 rings (SSSR count). The van der Waals surface area contributed by atoms with Gasteiger partial charge in [0, 0.05) is 18.0 Å². The Morgan fingerprint density at radius 1 is 1.32 bits per heavy atom. The highest BCUT2D eigenvalue weighted by Crippen LogP contribution is 2.25. The number of hydrogen-bond donors (Lipinski definition) is 2. The Balaban J connectivity index is 1.65. The van der Waals surface area contributed by atoms with Crippen LogP contribution in [0, 0.1) is 12.8 Å². The van der Waals surface area contributed by atoms with Crippen molar-refractivity contribution >= 4 is 22.5 Å². The minimum absolute atomic E-state index is 0.104. The summed E-state index contributed by atoms with van der Waals surface area (Å²) in [4.78, 5) is 16.6. The summed E-state index contributed by atoms with van der Waals surface area (Å²) < 4.78 is 0. The van der Waals surface area contributed by atoms with E-state index in [1.165, 1.54) is 12.8 Å². The highest BCUT2D eigenvalue weighted by atomic mass is 16.1. The molecule has 2 heterocycles. The highest BCUT2D eigenvalue weighted by Gasteiger charge is 2.15. The van der Waals surface area contributed by atoms with E-state index in [2.05, 4.69) is 15.6 Å². The smallest absolute Gasteiger partial charge is 0.224 e. The van der Waals surface area contributed by atoms with Gasteiger partial charge in [-0.2, -0.15) is 0 Å². The van der Waals surface area contributed by atoms with Crippen LogP contribution in [0.1, 0.15) is 31.2 Å². The van der Waals surface area contributed by atoms with Gasteiger partial charge in [-0.15, -0.1) is 0 Å². The lowest BCUT2D eigenvalue weighted by Crippen LogP contribution is -2.28. The molecule has 1 saturated heterocycles. The van der Waals surface area contributed by atoms with Crippen LogP contribution in [0.25, 0.3) is 10.9 Å². The van der Waals surface area contributed by atoms with Crippen LogP contribution in [0.2, 0.25) is 0 Å². The number of rotatable bonds is 4. The molecule has 1 aromatic carbocycles. The third kappa shape index (κ3) is 3.45. The highest BCUT2D eigenvalue weighted by molar-refractivity contribution is 6.01. The lowest BCUT2D eigenvalue weighted by molar-refractivity contribution is -0.116. The molecule has 0 spiro atoms. The van der Waals surface area contributed by atoms with Crippen LogP contribution in [0.3, 0.4) is 0 Å². The number of nitrogens with one attached hydrogen (secondary N) is 2. The first-order valence-corrected chi connectivity index (χ1v) is 8.09. The third-order valence-electron chi connectivity index (χ3n) is 4.48. The number of benzene rings is 1. The monoisotopic (exact) mass is 297 g/mol. The van der Waals surface area contributed by atoms with Crippen LogP contribution in [0.5, 0.6) is 0 Å². The van der Waals surface area contributed by atoms with Crippen molar-refractivity contribution in [2.24, 2.45) is 5.92 Å². The second-order valence-electron chi connectivity index (χ2n) is 6.11. The molecule has 1 aromatic heterocycles. The number of carbonyl (C=O) groups is 1. The number of carbonyl (C=O) groups excluding carboxylic acids is 1. The van der Waals surface area contributed by atoms with E-state index in [1.807, 2.05) is 31.2 Å². The van der Waals surface area contributed by atoms with Crippen molar-refractivity contribution in [1.82, 2.24) is 10.3 Å². The first kappa shape index (κ1) is 15.0. The molecule has 0 unspecified atom stereocenters. The molecule has 4 nitrogen and oxygen atoms in total. The molecule has 1 aliphatic rings. The quantitative estimate of drug-likeness (QED) is 0.910. The molecular formula is C18H23N3O. The number of amides is 1. The molecular weight excluding hydrogens is 274 g/mol. The second kappa shape index (κ2) is 6.88. The molecule has 0 bridgehead atoms.